The highest BCUT2D eigenvalue weighted by Crippen LogP contribution is 2.21. The summed E-state index contributed by atoms with van der Waals surface area (Å²) in [5.41, 5.74) is 2.57. The highest BCUT2D eigenvalue weighted by atomic mass is 28.3. The van der Waals surface area contributed by atoms with E-state index in [0.717, 1.165) is 0 Å². The van der Waals surface area contributed by atoms with Crippen LogP contribution in [0.25, 0.3) is 0 Å². The van der Waals surface area contributed by atoms with Gasteiger partial charge >= 0.3 is 0 Å². The van der Waals surface area contributed by atoms with E-state index >= 15 is 0 Å². The summed E-state index contributed by atoms with van der Waals surface area (Å²) >= 11 is 0. The van der Waals surface area contributed by atoms with Crippen molar-refractivity contribution in [2.45, 2.75) is 64.7 Å². The molecule has 0 aliphatic carbocycles. The summed E-state index contributed by atoms with van der Waals surface area (Å²) < 4.78 is 0. The molecule has 0 aliphatic heterocycles. The van der Waals surface area contributed by atoms with Gasteiger partial charge in [0.1, 0.15) is 0 Å². The molecule has 0 rings (SSSR count). The fraction of sp³-hybridized carbons (Fsp3) is 0.733. The smallest absolute Gasteiger partial charge is 0.0766 e. The summed E-state index contributed by atoms with van der Waals surface area (Å²) in [4.78, 5) is 0. The van der Waals surface area contributed by atoms with Crippen molar-refractivity contribution in [3.63, 3.8) is 0 Å². The van der Waals surface area contributed by atoms with Crippen LogP contribution in [0.15, 0.2) is 11.8 Å². The predicted molar refractivity (Wildman–Crippen MR) is 81.9 cm³/mol. The molecule has 1 nitrogen and oxygen atoms in total. The molecule has 1 atom stereocenters. The average Bonchev–Trinajstić information content (AvgIpc) is 2.37. The molecule has 0 saturated heterocycles. The Balaban J connectivity index is 3.97. The standard InChI is InChI=1S/C15H29NSi/c1-6-13-16-15(5)12-10-11-14-17(7-2,8-3)9-4/h1,11,14-16H,7-10,12-13H2,2-5H3/b14-11+. The van der Waals surface area contributed by atoms with Gasteiger partial charge in [-0.15, -0.1) is 6.42 Å². The van der Waals surface area contributed by atoms with Crippen LogP contribution in [-0.2, 0) is 0 Å². The SMILES string of the molecule is C#CCNC(C)CC/C=C/[Si](CC)(CC)CC. The van der Waals surface area contributed by atoms with E-state index in [2.05, 4.69) is 50.7 Å². The van der Waals surface area contributed by atoms with Crippen molar-refractivity contribution in [2.75, 3.05) is 6.54 Å². The van der Waals surface area contributed by atoms with E-state index in [1.54, 1.807) is 0 Å². The highest BCUT2D eigenvalue weighted by molar-refractivity contribution is 6.84. The Labute approximate surface area is 109 Å². The van der Waals surface area contributed by atoms with E-state index in [1.165, 1.54) is 31.0 Å². The quantitative estimate of drug-likeness (QED) is 0.483. The molecule has 0 bridgehead atoms. The lowest BCUT2D eigenvalue weighted by atomic mass is 10.2. The Bertz CT molecular complexity index is 240. The van der Waals surface area contributed by atoms with Crippen LogP contribution in [-0.4, -0.2) is 20.7 Å². The molecule has 0 aromatic carbocycles. The topological polar surface area (TPSA) is 12.0 Å². The Morgan fingerprint density at radius 3 is 2.29 bits per heavy atom. The van der Waals surface area contributed by atoms with E-state index in [9.17, 15) is 0 Å². The maximum atomic E-state index is 5.22. The third kappa shape index (κ3) is 6.70. The van der Waals surface area contributed by atoms with Gasteiger partial charge < -0.3 is 5.32 Å². The van der Waals surface area contributed by atoms with Gasteiger partial charge in [0.25, 0.3) is 0 Å². The van der Waals surface area contributed by atoms with Gasteiger partial charge in [0.2, 0.25) is 0 Å². The number of terminal acetylenes is 1. The summed E-state index contributed by atoms with van der Waals surface area (Å²) in [5.74, 6) is 2.62. The van der Waals surface area contributed by atoms with Gasteiger partial charge in [-0.05, 0) is 19.8 Å². The summed E-state index contributed by atoms with van der Waals surface area (Å²) in [7, 11) is -1.05. The Morgan fingerprint density at radius 1 is 1.24 bits per heavy atom. The Morgan fingerprint density at radius 2 is 1.82 bits per heavy atom. The number of nitrogens with one attached hydrogen (secondary N) is 1. The van der Waals surface area contributed by atoms with Crippen molar-refractivity contribution in [1.82, 2.24) is 5.32 Å². The largest absolute Gasteiger partial charge is 0.304 e. The first kappa shape index (κ1) is 16.5. The van der Waals surface area contributed by atoms with Crippen LogP contribution in [0, 0.1) is 12.3 Å². The molecule has 0 spiro atoms. The van der Waals surface area contributed by atoms with Crippen LogP contribution in [0.4, 0.5) is 0 Å². The van der Waals surface area contributed by atoms with Crippen molar-refractivity contribution in [2.24, 2.45) is 0 Å². The van der Waals surface area contributed by atoms with E-state index in [0.29, 0.717) is 12.6 Å². The average molecular weight is 251 g/mol. The molecule has 0 saturated carbocycles. The normalized spacial score (nSPS) is 13.8. The van der Waals surface area contributed by atoms with Crippen LogP contribution in [0.1, 0.15) is 40.5 Å². The molecule has 0 aromatic rings. The van der Waals surface area contributed by atoms with E-state index in [4.69, 9.17) is 6.42 Å². The monoisotopic (exact) mass is 251 g/mol. The molecular formula is C15H29NSi. The summed E-state index contributed by atoms with van der Waals surface area (Å²) in [6.45, 7) is 9.93. The minimum atomic E-state index is -1.05. The van der Waals surface area contributed by atoms with Crippen molar-refractivity contribution in [3.05, 3.63) is 11.8 Å². The predicted octanol–water partition coefficient (Wildman–Crippen LogP) is 3.98. The van der Waals surface area contributed by atoms with Gasteiger partial charge in [0.15, 0.2) is 0 Å². The highest BCUT2D eigenvalue weighted by Gasteiger charge is 2.22. The molecule has 17 heavy (non-hydrogen) atoms. The summed E-state index contributed by atoms with van der Waals surface area (Å²) in [5, 5.41) is 3.31. The fourth-order valence-electron chi connectivity index (χ4n) is 2.12. The second-order valence-electron chi connectivity index (χ2n) is 4.89. The Kier molecular flexibility index (Phi) is 9.21. The van der Waals surface area contributed by atoms with Crippen molar-refractivity contribution < 1.29 is 0 Å². The lowest BCUT2D eigenvalue weighted by molar-refractivity contribution is 0.551. The van der Waals surface area contributed by atoms with E-state index < -0.39 is 8.07 Å². The van der Waals surface area contributed by atoms with Gasteiger partial charge in [-0.25, -0.2) is 0 Å². The summed E-state index contributed by atoms with van der Waals surface area (Å²) in [6.07, 6.45) is 9.99. The second-order valence-corrected chi connectivity index (χ2v) is 10.1. The lowest BCUT2D eigenvalue weighted by Gasteiger charge is -2.23. The minimum Gasteiger partial charge on any atom is -0.304 e. The Hall–Kier alpha value is -0.523. The number of hydrogen-bond donors (Lipinski definition) is 1. The molecule has 98 valence electrons. The first-order valence-electron chi connectivity index (χ1n) is 6.98. The zero-order valence-electron chi connectivity index (χ0n) is 12.1. The zero-order valence-corrected chi connectivity index (χ0v) is 13.1. The molecule has 1 N–H and O–H groups in total. The first-order chi connectivity index (χ1) is 8.14. The third-order valence-corrected chi connectivity index (χ3v) is 9.07. The maximum Gasteiger partial charge on any atom is 0.0766 e. The van der Waals surface area contributed by atoms with Crippen molar-refractivity contribution in [1.29, 1.82) is 0 Å². The van der Waals surface area contributed by atoms with Crippen LogP contribution in [0.5, 0.6) is 0 Å². The molecule has 2 heteroatoms. The van der Waals surface area contributed by atoms with E-state index in [1.807, 2.05) is 0 Å². The van der Waals surface area contributed by atoms with Crippen molar-refractivity contribution >= 4 is 8.07 Å². The van der Waals surface area contributed by atoms with Crippen LogP contribution in [0.2, 0.25) is 18.1 Å². The molecular weight excluding hydrogens is 222 g/mol. The van der Waals surface area contributed by atoms with E-state index in [-0.39, 0.29) is 0 Å². The summed E-state index contributed by atoms with van der Waals surface area (Å²) in [6, 6.07) is 4.65. The van der Waals surface area contributed by atoms with Crippen molar-refractivity contribution in [3.8, 4) is 12.3 Å². The van der Waals surface area contributed by atoms with Crippen LogP contribution in [0.3, 0.4) is 0 Å². The molecule has 0 amide bonds. The molecule has 0 heterocycles. The fourth-order valence-corrected chi connectivity index (χ4v) is 4.99. The van der Waals surface area contributed by atoms with Crippen LogP contribution >= 0.6 is 0 Å². The van der Waals surface area contributed by atoms with Crippen LogP contribution < -0.4 is 5.32 Å². The first-order valence-corrected chi connectivity index (χ1v) is 9.68. The number of rotatable bonds is 9. The third-order valence-electron chi connectivity index (χ3n) is 3.90. The number of allylic oxidation sites excluding steroid dienone is 1. The molecule has 0 aromatic heterocycles. The van der Waals surface area contributed by atoms with Gasteiger partial charge in [-0.1, -0.05) is 56.6 Å². The maximum absolute atomic E-state index is 5.22. The van der Waals surface area contributed by atoms with Gasteiger partial charge in [0, 0.05) is 6.04 Å². The zero-order chi connectivity index (χ0) is 13.1. The van der Waals surface area contributed by atoms with Gasteiger partial charge in [-0.2, -0.15) is 0 Å². The molecule has 0 fully saturated rings. The van der Waals surface area contributed by atoms with Gasteiger partial charge in [-0.3, -0.25) is 0 Å². The number of hydrogen-bond acceptors (Lipinski definition) is 1. The molecule has 0 aliphatic rings. The second kappa shape index (κ2) is 9.50. The van der Waals surface area contributed by atoms with Gasteiger partial charge in [0.05, 0.1) is 14.6 Å². The molecule has 1 unspecified atom stereocenters. The lowest BCUT2D eigenvalue weighted by Crippen LogP contribution is -2.28. The minimum absolute atomic E-state index is 0.525. The molecule has 0 radical (unpaired) electrons.